The van der Waals surface area contributed by atoms with E-state index >= 15 is 0 Å². The van der Waals surface area contributed by atoms with Crippen molar-refractivity contribution in [1.82, 2.24) is 0 Å². The number of nitrogens with zero attached hydrogens (tertiary/aromatic N) is 1. The van der Waals surface area contributed by atoms with Crippen molar-refractivity contribution < 1.29 is 4.79 Å². The second-order valence-electron chi connectivity index (χ2n) is 6.59. The maximum Gasteiger partial charge on any atom is 0.227 e. The van der Waals surface area contributed by atoms with Gasteiger partial charge >= 0.3 is 0 Å². The highest BCUT2D eigenvalue weighted by Gasteiger charge is 2.32. The lowest BCUT2D eigenvalue weighted by Gasteiger charge is -2.39. The predicted octanol–water partition coefficient (Wildman–Crippen LogP) is 5.16. The van der Waals surface area contributed by atoms with Crippen molar-refractivity contribution in [3.8, 4) is 0 Å². The summed E-state index contributed by atoms with van der Waals surface area (Å²) < 4.78 is 0. The van der Waals surface area contributed by atoms with E-state index in [0.717, 1.165) is 30.6 Å². The third kappa shape index (κ3) is 3.45. The Balaban J connectivity index is 2.01. The molecule has 0 aromatic heterocycles. The van der Waals surface area contributed by atoms with E-state index < -0.39 is 0 Å². The molecule has 1 amide bonds. The van der Waals surface area contributed by atoms with Crippen LogP contribution in [0.3, 0.4) is 0 Å². The number of anilines is 2. The molecule has 0 bridgehead atoms. The molecule has 1 aliphatic heterocycles. The molecule has 1 aliphatic rings. The molecule has 0 unspecified atom stereocenters. The number of rotatable bonds is 5. The normalized spacial score (nSPS) is 19.2. The Labute approximate surface area is 144 Å². The Bertz CT molecular complexity index is 683. The maximum absolute atomic E-state index is 13.0. The summed E-state index contributed by atoms with van der Waals surface area (Å²) in [4.78, 5) is 15.0. The van der Waals surface area contributed by atoms with E-state index in [-0.39, 0.29) is 11.9 Å². The van der Waals surface area contributed by atoms with Crippen LogP contribution >= 0.6 is 0 Å². The van der Waals surface area contributed by atoms with Gasteiger partial charge in [0, 0.05) is 23.8 Å². The number of unbranched alkanes of at least 4 members (excludes halogenated alkanes) is 1. The van der Waals surface area contributed by atoms with Gasteiger partial charge in [-0.3, -0.25) is 4.79 Å². The lowest BCUT2D eigenvalue weighted by Crippen LogP contribution is -2.40. The van der Waals surface area contributed by atoms with Gasteiger partial charge in [0.15, 0.2) is 0 Å². The number of hydrogen-bond acceptors (Lipinski definition) is 2. The zero-order valence-corrected chi connectivity index (χ0v) is 14.5. The van der Waals surface area contributed by atoms with E-state index in [9.17, 15) is 4.79 Å². The summed E-state index contributed by atoms with van der Waals surface area (Å²) in [5, 5.41) is 3.54. The van der Waals surface area contributed by atoms with Crippen LogP contribution in [0.1, 0.15) is 51.1 Å². The molecule has 0 saturated heterocycles. The monoisotopic (exact) mass is 322 g/mol. The predicted molar refractivity (Wildman–Crippen MR) is 100 cm³/mol. The van der Waals surface area contributed by atoms with Crippen LogP contribution in [0.4, 0.5) is 11.4 Å². The number of para-hydroxylation sites is 2. The number of carbonyl (C=O) groups is 1. The molecular formula is C21H26N2O. The maximum atomic E-state index is 13.0. The average Bonchev–Trinajstić information content (AvgIpc) is 2.61. The summed E-state index contributed by atoms with van der Waals surface area (Å²) in [6.45, 7) is 4.31. The summed E-state index contributed by atoms with van der Waals surface area (Å²) in [6, 6.07) is 18.9. The summed E-state index contributed by atoms with van der Waals surface area (Å²) in [6.07, 6.45) is 3.49. The molecule has 1 heterocycles. The van der Waals surface area contributed by atoms with Gasteiger partial charge in [0.25, 0.3) is 0 Å². The molecule has 0 fully saturated rings. The van der Waals surface area contributed by atoms with Crippen LogP contribution in [0, 0.1) is 0 Å². The van der Waals surface area contributed by atoms with Gasteiger partial charge in [-0.15, -0.1) is 0 Å². The number of benzene rings is 2. The van der Waals surface area contributed by atoms with E-state index in [0.29, 0.717) is 12.5 Å². The molecule has 1 N–H and O–H groups in total. The summed E-state index contributed by atoms with van der Waals surface area (Å²) in [5.74, 6) is 0.219. The number of hydrogen-bond donors (Lipinski definition) is 1. The minimum absolute atomic E-state index is 0.0872. The largest absolute Gasteiger partial charge is 0.382 e. The fourth-order valence-corrected chi connectivity index (χ4v) is 3.48. The van der Waals surface area contributed by atoms with Crippen LogP contribution in [0.2, 0.25) is 0 Å². The van der Waals surface area contributed by atoms with Gasteiger partial charge in [0.1, 0.15) is 0 Å². The molecule has 2 aromatic rings. The van der Waals surface area contributed by atoms with Crippen molar-refractivity contribution in [1.29, 1.82) is 0 Å². The summed E-state index contributed by atoms with van der Waals surface area (Å²) in [5.41, 5.74) is 3.35. The molecule has 3 heteroatoms. The lowest BCUT2D eigenvalue weighted by molar-refractivity contribution is -0.119. The Morgan fingerprint density at radius 2 is 1.83 bits per heavy atom. The van der Waals surface area contributed by atoms with Crippen LogP contribution in [0.25, 0.3) is 0 Å². The number of carbonyl (C=O) groups excluding carboxylic acids is 1. The minimum Gasteiger partial charge on any atom is -0.382 e. The number of fused-ring (bicyclic) bond motifs is 1. The summed E-state index contributed by atoms with van der Waals surface area (Å²) >= 11 is 0. The fourth-order valence-electron chi connectivity index (χ4n) is 3.48. The van der Waals surface area contributed by atoms with Crippen molar-refractivity contribution in [2.24, 2.45) is 0 Å². The summed E-state index contributed by atoms with van der Waals surface area (Å²) in [7, 11) is 0. The zero-order chi connectivity index (χ0) is 16.9. The molecule has 3 rings (SSSR count). The van der Waals surface area contributed by atoms with Crippen molar-refractivity contribution in [2.45, 2.75) is 51.6 Å². The first-order chi connectivity index (χ1) is 11.7. The third-order valence-corrected chi connectivity index (χ3v) is 4.66. The molecular weight excluding hydrogens is 296 g/mol. The second kappa shape index (κ2) is 7.52. The van der Waals surface area contributed by atoms with Gasteiger partial charge in [0.2, 0.25) is 5.91 Å². The average molecular weight is 322 g/mol. The molecule has 126 valence electrons. The highest BCUT2D eigenvalue weighted by atomic mass is 16.2. The van der Waals surface area contributed by atoms with Gasteiger partial charge < -0.3 is 10.2 Å². The van der Waals surface area contributed by atoms with Crippen LogP contribution in [0.5, 0.6) is 0 Å². The van der Waals surface area contributed by atoms with Crippen LogP contribution in [-0.4, -0.2) is 11.9 Å². The standard InChI is InChI=1S/C21H26N2O/c1-3-4-14-21(24)23(17-10-6-5-7-11-17)20-15-16(2)22-19-13-9-8-12-18(19)20/h5-13,16,20,22H,3-4,14-15H2,1-2H3/t16-,20-/m0/s1. The van der Waals surface area contributed by atoms with Gasteiger partial charge in [-0.05, 0) is 43.5 Å². The van der Waals surface area contributed by atoms with Crippen LogP contribution in [0.15, 0.2) is 54.6 Å². The van der Waals surface area contributed by atoms with Crippen molar-refractivity contribution in [3.05, 3.63) is 60.2 Å². The SMILES string of the molecule is CCCCC(=O)N(c1ccccc1)[C@H]1C[C@H](C)Nc2ccccc21. The number of nitrogens with one attached hydrogen (secondary N) is 1. The highest BCUT2D eigenvalue weighted by Crippen LogP contribution is 2.39. The molecule has 24 heavy (non-hydrogen) atoms. The van der Waals surface area contributed by atoms with E-state index in [1.54, 1.807) is 0 Å². The van der Waals surface area contributed by atoms with E-state index in [4.69, 9.17) is 0 Å². The molecule has 3 nitrogen and oxygen atoms in total. The van der Waals surface area contributed by atoms with Crippen LogP contribution < -0.4 is 10.2 Å². The highest BCUT2D eigenvalue weighted by molar-refractivity contribution is 5.94. The van der Waals surface area contributed by atoms with Crippen molar-refractivity contribution >= 4 is 17.3 Å². The van der Waals surface area contributed by atoms with Crippen molar-refractivity contribution in [3.63, 3.8) is 0 Å². The second-order valence-corrected chi connectivity index (χ2v) is 6.59. The smallest absolute Gasteiger partial charge is 0.227 e. The van der Waals surface area contributed by atoms with Crippen LogP contribution in [-0.2, 0) is 4.79 Å². The fraction of sp³-hybridized carbons (Fsp3) is 0.381. The van der Waals surface area contributed by atoms with Gasteiger partial charge in [-0.2, -0.15) is 0 Å². The quantitative estimate of drug-likeness (QED) is 0.825. The first-order valence-electron chi connectivity index (χ1n) is 8.93. The first-order valence-corrected chi connectivity index (χ1v) is 8.93. The Hall–Kier alpha value is -2.29. The van der Waals surface area contributed by atoms with Crippen molar-refractivity contribution in [2.75, 3.05) is 10.2 Å². The molecule has 2 atom stereocenters. The Morgan fingerprint density at radius 3 is 2.58 bits per heavy atom. The topological polar surface area (TPSA) is 32.3 Å². The van der Waals surface area contributed by atoms with Gasteiger partial charge in [0.05, 0.1) is 6.04 Å². The molecule has 2 aromatic carbocycles. The third-order valence-electron chi connectivity index (χ3n) is 4.66. The van der Waals surface area contributed by atoms with E-state index in [1.165, 1.54) is 5.56 Å². The molecule has 0 saturated carbocycles. The Kier molecular flexibility index (Phi) is 5.19. The molecule has 0 aliphatic carbocycles. The molecule has 0 spiro atoms. The van der Waals surface area contributed by atoms with E-state index in [2.05, 4.69) is 37.4 Å². The molecule has 0 radical (unpaired) electrons. The van der Waals surface area contributed by atoms with Gasteiger partial charge in [-0.25, -0.2) is 0 Å². The Morgan fingerprint density at radius 1 is 1.12 bits per heavy atom. The number of amides is 1. The zero-order valence-electron chi connectivity index (χ0n) is 14.5. The lowest BCUT2D eigenvalue weighted by atomic mass is 9.91. The minimum atomic E-state index is 0.0872. The van der Waals surface area contributed by atoms with E-state index in [1.807, 2.05) is 41.3 Å². The first kappa shape index (κ1) is 16.6. The van der Waals surface area contributed by atoms with Gasteiger partial charge in [-0.1, -0.05) is 49.7 Å².